The summed E-state index contributed by atoms with van der Waals surface area (Å²) in [5.41, 5.74) is 5.10. The van der Waals surface area contributed by atoms with Crippen molar-refractivity contribution in [3.63, 3.8) is 0 Å². The molecule has 0 aromatic carbocycles. The van der Waals surface area contributed by atoms with Gasteiger partial charge in [0.2, 0.25) is 10.9 Å². The zero-order valence-electron chi connectivity index (χ0n) is 7.02. The summed E-state index contributed by atoms with van der Waals surface area (Å²) in [4.78, 5) is 18.2. The van der Waals surface area contributed by atoms with Crippen LogP contribution in [-0.4, -0.2) is 25.7 Å². The van der Waals surface area contributed by atoms with Crippen molar-refractivity contribution in [3.05, 3.63) is 16.1 Å². The summed E-state index contributed by atoms with van der Waals surface area (Å²) >= 11 is 8.79. The van der Waals surface area contributed by atoms with Crippen LogP contribution in [0.15, 0.2) is 10.8 Å². The molecule has 0 bridgehead atoms. The Morgan fingerprint density at radius 3 is 3.07 bits per heavy atom. The first-order chi connectivity index (χ1) is 7.08. The molecule has 7 nitrogen and oxygen atoms in total. The van der Waals surface area contributed by atoms with E-state index in [9.17, 15) is 4.79 Å². The number of carbonyl (C=O) groups excluding carboxylic acids is 1. The summed E-state index contributed by atoms with van der Waals surface area (Å²) in [6, 6.07) is 0. The summed E-state index contributed by atoms with van der Waals surface area (Å²) in [6.45, 7) is 0. The van der Waals surface area contributed by atoms with Crippen LogP contribution >= 0.6 is 27.5 Å². The molecule has 0 spiro atoms. The number of carbonyl (C=O) groups is 1. The minimum atomic E-state index is -0.995. The van der Waals surface area contributed by atoms with E-state index in [4.69, 9.17) is 17.3 Å². The molecule has 0 unspecified atom stereocenters. The third-order valence-corrected chi connectivity index (χ3v) is 2.16. The number of halogens is 2. The number of hydrogen-bond acceptors (Lipinski definition) is 5. The van der Waals surface area contributed by atoms with E-state index in [1.807, 2.05) is 0 Å². The van der Waals surface area contributed by atoms with Crippen molar-refractivity contribution in [1.29, 1.82) is 0 Å². The molecule has 0 atom stereocenters. The highest BCUT2D eigenvalue weighted by Gasteiger charge is 2.13. The monoisotopic (exact) mass is 291 g/mol. The summed E-state index contributed by atoms with van der Waals surface area (Å²) in [7, 11) is 0. The first kappa shape index (κ1) is 10.1. The number of rotatable bonds is 1. The minimum absolute atomic E-state index is 0.0857. The molecule has 2 rings (SSSR count). The molecule has 0 saturated carbocycles. The zero-order chi connectivity index (χ0) is 11.0. The number of aromatic nitrogens is 4. The lowest BCUT2D eigenvalue weighted by Crippen LogP contribution is -2.18. The van der Waals surface area contributed by atoms with Gasteiger partial charge in [0.1, 0.15) is 4.60 Å². The quantitative estimate of drug-likeness (QED) is 0.846. The number of ether oxygens (including phenoxy) is 1. The largest absolute Gasteiger partial charge is 0.411 e. The Kier molecular flexibility index (Phi) is 2.45. The molecule has 0 radical (unpaired) electrons. The average Bonchev–Trinajstić information content (AvgIpc) is 2.47. The predicted octanol–water partition coefficient (Wildman–Crippen LogP) is 0.998. The van der Waals surface area contributed by atoms with E-state index in [1.54, 1.807) is 0 Å². The Morgan fingerprint density at radius 1 is 1.67 bits per heavy atom. The lowest BCUT2D eigenvalue weighted by molar-refractivity contribution is 0.209. The van der Waals surface area contributed by atoms with Crippen LogP contribution in [0.5, 0.6) is 5.88 Å². The standard InChI is InChI=1S/C6H3BrClN5O2/c7-2-1-10-3-4(15-6(9)14)11-5(8)12-13(2)3/h1H,(H2,9,14). The van der Waals surface area contributed by atoms with E-state index in [-0.39, 0.29) is 16.8 Å². The molecule has 2 aromatic rings. The van der Waals surface area contributed by atoms with E-state index in [0.29, 0.717) is 4.60 Å². The third-order valence-electron chi connectivity index (χ3n) is 1.46. The van der Waals surface area contributed by atoms with Gasteiger partial charge in [-0.2, -0.15) is 9.50 Å². The van der Waals surface area contributed by atoms with Gasteiger partial charge in [-0.3, -0.25) is 0 Å². The molecule has 1 amide bonds. The van der Waals surface area contributed by atoms with Crippen LogP contribution in [0.3, 0.4) is 0 Å². The molecule has 2 aromatic heterocycles. The second-order valence-corrected chi connectivity index (χ2v) is 3.57. The molecule has 15 heavy (non-hydrogen) atoms. The smallest absolute Gasteiger partial charge is 0.387 e. The van der Waals surface area contributed by atoms with Gasteiger partial charge in [0.05, 0.1) is 6.20 Å². The molecule has 0 saturated heterocycles. The first-order valence-corrected chi connectivity index (χ1v) is 4.79. The summed E-state index contributed by atoms with van der Waals surface area (Å²) in [6.07, 6.45) is 0.472. The summed E-state index contributed by atoms with van der Waals surface area (Å²) < 4.78 is 6.50. The van der Waals surface area contributed by atoms with Gasteiger partial charge in [-0.1, -0.05) is 0 Å². The highest BCUT2D eigenvalue weighted by molar-refractivity contribution is 9.10. The highest BCUT2D eigenvalue weighted by atomic mass is 79.9. The Hall–Kier alpha value is -1.41. The highest BCUT2D eigenvalue weighted by Crippen LogP contribution is 2.20. The number of hydrogen-bond donors (Lipinski definition) is 1. The molecule has 0 fully saturated rings. The fraction of sp³-hybridized carbons (Fsp3) is 0. The number of nitrogens with two attached hydrogens (primary N) is 1. The van der Waals surface area contributed by atoms with Gasteiger partial charge < -0.3 is 10.5 Å². The van der Waals surface area contributed by atoms with Crippen LogP contribution in [0, 0.1) is 0 Å². The van der Waals surface area contributed by atoms with Crippen LogP contribution in [-0.2, 0) is 0 Å². The maximum absolute atomic E-state index is 10.6. The van der Waals surface area contributed by atoms with E-state index >= 15 is 0 Å². The van der Waals surface area contributed by atoms with Crippen molar-refractivity contribution < 1.29 is 9.53 Å². The summed E-state index contributed by atoms with van der Waals surface area (Å²) in [5.74, 6) is -0.0896. The van der Waals surface area contributed by atoms with Gasteiger partial charge in [-0.15, -0.1) is 5.10 Å². The van der Waals surface area contributed by atoms with Crippen LogP contribution in [0.4, 0.5) is 4.79 Å². The van der Waals surface area contributed by atoms with Crippen molar-refractivity contribution in [2.45, 2.75) is 0 Å². The third kappa shape index (κ3) is 1.85. The second kappa shape index (κ2) is 3.63. The number of primary amides is 1. The maximum atomic E-state index is 10.6. The van der Waals surface area contributed by atoms with E-state index in [2.05, 4.69) is 35.7 Å². The number of amides is 1. The molecular formula is C6H3BrClN5O2. The van der Waals surface area contributed by atoms with Crippen LogP contribution in [0.25, 0.3) is 5.65 Å². The van der Waals surface area contributed by atoms with E-state index in [1.165, 1.54) is 10.7 Å². The molecule has 9 heteroatoms. The average molecular weight is 292 g/mol. The molecule has 78 valence electrons. The molecule has 0 aliphatic heterocycles. The molecular weight excluding hydrogens is 289 g/mol. The van der Waals surface area contributed by atoms with E-state index in [0.717, 1.165) is 0 Å². The summed E-state index contributed by atoms with van der Waals surface area (Å²) in [5, 5.41) is 3.75. The van der Waals surface area contributed by atoms with Crippen molar-refractivity contribution in [3.8, 4) is 5.88 Å². The van der Waals surface area contributed by atoms with Crippen molar-refractivity contribution >= 4 is 39.3 Å². The van der Waals surface area contributed by atoms with Gasteiger partial charge in [0.15, 0.2) is 0 Å². The lowest BCUT2D eigenvalue weighted by Gasteiger charge is -2.01. The molecule has 2 heterocycles. The Bertz CT molecular complexity index is 542. The van der Waals surface area contributed by atoms with Gasteiger partial charge >= 0.3 is 6.09 Å². The number of nitrogens with zero attached hydrogens (tertiary/aromatic N) is 4. The van der Waals surface area contributed by atoms with Crippen LogP contribution in [0.1, 0.15) is 0 Å². The van der Waals surface area contributed by atoms with Gasteiger partial charge in [0, 0.05) is 0 Å². The van der Waals surface area contributed by atoms with E-state index < -0.39 is 6.09 Å². The predicted molar refractivity (Wildman–Crippen MR) is 53.7 cm³/mol. The number of imidazole rings is 1. The van der Waals surface area contributed by atoms with Gasteiger partial charge in [-0.25, -0.2) is 9.78 Å². The minimum Gasteiger partial charge on any atom is -0.387 e. The van der Waals surface area contributed by atoms with Crippen LogP contribution in [0.2, 0.25) is 5.28 Å². The molecule has 0 aliphatic rings. The van der Waals surface area contributed by atoms with Crippen molar-refractivity contribution in [2.75, 3.05) is 0 Å². The maximum Gasteiger partial charge on any atom is 0.411 e. The fourth-order valence-electron chi connectivity index (χ4n) is 0.968. The Labute approximate surface area is 96.3 Å². The topological polar surface area (TPSA) is 95.4 Å². The fourth-order valence-corrected chi connectivity index (χ4v) is 1.47. The first-order valence-electron chi connectivity index (χ1n) is 3.62. The van der Waals surface area contributed by atoms with Gasteiger partial charge in [-0.05, 0) is 27.5 Å². The zero-order valence-corrected chi connectivity index (χ0v) is 9.36. The molecule has 2 N–H and O–H groups in total. The Morgan fingerprint density at radius 2 is 2.40 bits per heavy atom. The van der Waals surface area contributed by atoms with Crippen LogP contribution < -0.4 is 10.5 Å². The lowest BCUT2D eigenvalue weighted by atomic mass is 10.7. The van der Waals surface area contributed by atoms with Crippen molar-refractivity contribution in [2.24, 2.45) is 5.73 Å². The normalized spacial score (nSPS) is 10.5. The Balaban J connectivity index is 2.66. The SMILES string of the molecule is NC(=O)Oc1nc(Cl)nn2c(Br)cnc12. The van der Waals surface area contributed by atoms with Crippen molar-refractivity contribution in [1.82, 2.24) is 19.6 Å². The number of fused-ring (bicyclic) bond motifs is 1. The second-order valence-electron chi connectivity index (χ2n) is 2.42. The van der Waals surface area contributed by atoms with Gasteiger partial charge in [0.25, 0.3) is 5.88 Å². The molecule has 0 aliphatic carbocycles.